The van der Waals surface area contributed by atoms with Gasteiger partial charge >= 0.3 is 0 Å². The van der Waals surface area contributed by atoms with Crippen LogP contribution in [0.3, 0.4) is 0 Å². The van der Waals surface area contributed by atoms with Crippen LogP contribution < -0.4 is 9.47 Å². The second-order valence-corrected chi connectivity index (χ2v) is 8.23. The second-order valence-electron chi connectivity index (χ2n) is 7.26. The lowest BCUT2D eigenvalue weighted by molar-refractivity contribution is 0.412. The molecule has 0 aliphatic carbocycles. The molecule has 2 unspecified atom stereocenters. The van der Waals surface area contributed by atoms with Crippen molar-refractivity contribution >= 4 is 11.1 Å². The summed E-state index contributed by atoms with van der Waals surface area (Å²) >= 11 is -1.98. The largest absolute Gasteiger partial charge is 0.497 e. The molecular weight excluding hydrogens is 396 g/mol. The van der Waals surface area contributed by atoms with Gasteiger partial charge in [-0.2, -0.15) is 0 Å². The van der Waals surface area contributed by atoms with E-state index in [2.05, 4.69) is 38.1 Å². The molecule has 3 aromatic rings. The fourth-order valence-corrected chi connectivity index (χ4v) is 4.35. The maximum atomic E-state index is 11.1. The first kappa shape index (κ1) is 22.1. The average molecular weight is 425 g/mol. The second kappa shape index (κ2) is 9.92. The molecule has 2 atom stereocenters. The summed E-state index contributed by atoms with van der Waals surface area (Å²) in [5.74, 6) is 2.22. The van der Waals surface area contributed by atoms with Crippen LogP contribution in [0.5, 0.6) is 17.2 Å². The van der Waals surface area contributed by atoms with Gasteiger partial charge in [0.25, 0.3) is 0 Å². The summed E-state index contributed by atoms with van der Waals surface area (Å²) in [7, 11) is 1.68. The Morgan fingerprint density at radius 2 is 1.27 bits per heavy atom. The quantitative estimate of drug-likeness (QED) is 0.395. The van der Waals surface area contributed by atoms with Gasteiger partial charge in [-0.1, -0.05) is 44.5 Å². The molecule has 0 aromatic heterocycles. The summed E-state index contributed by atoms with van der Waals surface area (Å²) in [6.07, 6.45) is 3.12. The molecule has 0 saturated heterocycles. The Kier molecular flexibility index (Phi) is 7.29. The minimum atomic E-state index is -1.98. The molecule has 0 aliphatic rings. The molecule has 1 N–H and O–H groups in total. The van der Waals surface area contributed by atoms with Gasteiger partial charge in [0, 0.05) is 5.41 Å². The van der Waals surface area contributed by atoms with E-state index in [4.69, 9.17) is 14.0 Å². The third-order valence-electron chi connectivity index (χ3n) is 5.59. The highest BCUT2D eigenvalue weighted by atomic mass is 32.2. The van der Waals surface area contributed by atoms with Gasteiger partial charge in [0.15, 0.2) is 11.1 Å². The van der Waals surface area contributed by atoms with Crippen molar-refractivity contribution in [3.63, 3.8) is 0 Å². The molecule has 0 aliphatic heterocycles. The van der Waals surface area contributed by atoms with Crippen LogP contribution >= 0.6 is 0 Å². The zero-order valence-corrected chi connectivity index (χ0v) is 18.4. The highest BCUT2D eigenvalue weighted by molar-refractivity contribution is 7.79. The van der Waals surface area contributed by atoms with E-state index in [-0.39, 0.29) is 5.41 Å². The van der Waals surface area contributed by atoms with E-state index in [1.165, 1.54) is 11.1 Å². The first-order chi connectivity index (χ1) is 14.5. The molecule has 0 saturated carbocycles. The Morgan fingerprint density at radius 3 is 1.67 bits per heavy atom. The van der Waals surface area contributed by atoms with Crippen molar-refractivity contribution in [3.05, 3.63) is 83.9 Å². The predicted octanol–water partition coefficient (Wildman–Crippen LogP) is 6.56. The Bertz CT molecular complexity index is 966. The maximum Gasteiger partial charge on any atom is 0.186 e. The fraction of sp³-hybridized carbons (Fsp3) is 0.280. The van der Waals surface area contributed by atoms with Crippen LogP contribution in [0.15, 0.2) is 77.7 Å². The normalized spacial score (nSPS) is 14.0. The number of hydrogen-bond donors (Lipinski definition) is 1. The van der Waals surface area contributed by atoms with Gasteiger partial charge in [0.05, 0.1) is 12.0 Å². The topological polar surface area (TPSA) is 55.8 Å². The van der Waals surface area contributed by atoms with Crippen molar-refractivity contribution in [3.8, 4) is 17.2 Å². The van der Waals surface area contributed by atoms with E-state index in [0.29, 0.717) is 10.6 Å². The minimum Gasteiger partial charge on any atom is -0.497 e. The van der Waals surface area contributed by atoms with Crippen LogP contribution in [0.1, 0.15) is 44.2 Å². The van der Waals surface area contributed by atoms with Gasteiger partial charge in [-0.25, -0.2) is 4.21 Å². The average Bonchev–Trinajstić information content (AvgIpc) is 2.78. The zero-order chi connectivity index (χ0) is 21.6. The smallest absolute Gasteiger partial charge is 0.186 e. The van der Waals surface area contributed by atoms with Crippen LogP contribution in [0.25, 0.3) is 0 Å². The summed E-state index contributed by atoms with van der Waals surface area (Å²) in [4.78, 5) is 0.351. The van der Waals surface area contributed by atoms with Gasteiger partial charge in [-0.05, 0) is 72.5 Å². The molecule has 5 heteroatoms. The maximum absolute atomic E-state index is 11.1. The summed E-state index contributed by atoms with van der Waals surface area (Å²) in [6, 6.07) is 23.2. The number of rotatable bonds is 9. The summed E-state index contributed by atoms with van der Waals surface area (Å²) in [6.45, 7) is 4.45. The Balaban J connectivity index is 1.87. The number of methoxy groups -OCH3 is 1. The Morgan fingerprint density at radius 1 is 0.800 bits per heavy atom. The van der Waals surface area contributed by atoms with Gasteiger partial charge in [-0.15, -0.1) is 0 Å². The molecule has 158 valence electrons. The van der Waals surface area contributed by atoms with E-state index in [1.807, 2.05) is 24.3 Å². The first-order valence-electron chi connectivity index (χ1n) is 10.2. The third-order valence-corrected chi connectivity index (χ3v) is 6.27. The van der Waals surface area contributed by atoms with E-state index in [0.717, 1.165) is 30.8 Å². The van der Waals surface area contributed by atoms with Crippen LogP contribution in [0.4, 0.5) is 0 Å². The van der Waals surface area contributed by atoms with Crippen molar-refractivity contribution in [1.82, 2.24) is 0 Å². The lowest BCUT2D eigenvalue weighted by Gasteiger charge is -2.34. The highest BCUT2D eigenvalue weighted by Crippen LogP contribution is 2.41. The molecular formula is C25H28O4S. The fourth-order valence-electron chi connectivity index (χ4n) is 3.98. The van der Waals surface area contributed by atoms with Gasteiger partial charge in [0.1, 0.15) is 17.2 Å². The molecule has 4 nitrogen and oxygen atoms in total. The number of benzene rings is 3. The Labute approximate surface area is 181 Å². The first-order valence-corrected chi connectivity index (χ1v) is 11.3. The van der Waals surface area contributed by atoms with Crippen molar-refractivity contribution in [1.29, 1.82) is 0 Å². The predicted molar refractivity (Wildman–Crippen MR) is 121 cm³/mol. The lowest BCUT2D eigenvalue weighted by atomic mass is 9.69. The molecule has 0 fully saturated rings. The third kappa shape index (κ3) is 4.74. The van der Waals surface area contributed by atoms with Crippen molar-refractivity contribution in [2.75, 3.05) is 7.11 Å². The van der Waals surface area contributed by atoms with Crippen LogP contribution in [-0.2, 0) is 16.5 Å². The van der Waals surface area contributed by atoms with Gasteiger partial charge < -0.3 is 14.0 Å². The monoisotopic (exact) mass is 424 g/mol. The highest BCUT2D eigenvalue weighted by Gasteiger charge is 2.31. The minimum absolute atomic E-state index is 0.0631. The van der Waals surface area contributed by atoms with E-state index >= 15 is 0 Å². The van der Waals surface area contributed by atoms with Crippen LogP contribution in [-0.4, -0.2) is 15.9 Å². The molecule has 3 rings (SSSR count). The molecule has 0 spiro atoms. The van der Waals surface area contributed by atoms with E-state index in [1.54, 1.807) is 31.4 Å². The van der Waals surface area contributed by atoms with E-state index < -0.39 is 11.1 Å². The molecule has 30 heavy (non-hydrogen) atoms. The zero-order valence-electron chi connectivity index (χ0n) is 17.6. The Hall–Kier alpha value is -2.63. The lowest BCUT2D eigenvalue weighted by Crippen LogP contribution is -2.26. The van der Waals surface area contributed by atoms with Crippen LogP contribution in [0.2, 0.25) is 0 Å². The summed E-state index contributed by atoms with van der Waals surface area (Å²) < 4.78 is 31.5. The summed E-state index contributed by atoms with van der Waals surface area (Å²) in [5, 5.41) is 0. The van der Waals surface area contributed by atoms with Gasteiger partial charge in [0.2, 0.25) is 0 Å². The standard InChI is InChI=1S/C25H28O4S/c1-4-18-25(5-2,19-6-10-21(28-3)11-7-19)20-8-12-22(13-9-20)29-23-14-16-24(17-15-23)30(26)27/h6-17H,4-5,18H2,1-3H3,(H,26,27). The summed E-state index contributed by atoms with van der Waals surface area (Å²) in [5.41, 5.74) is 2.48. The number of hydrogen-bond acceptors (Lipinski definition) is 3. The van der Waals surface area contributed by atoms with Crippen molar-refractivity contribution < 1.29 is 18.2 Å². The molecule has 3 aromatic carbocycles. The molecule has 0 heterocycles. The van der Waals surface area contributed by atoms with Crippen LogP contribution in [0, 0.1) is 0 Å². The number of ether oxygens (including phenoxy) is 2. The van der Waals surface area contributed by atoms with Crippen molar-refractivity contribution in [2.45, 2.75) is 43.4 Å². The molecule has 0 amide bonds. The van der Waals surface area contributed by atoms with Gasteiger partial charge in [-0.3, -0.25) is 0 Å². The molecule has 0 bridgehead atoms. The van der Waals surface area contributed by atoms with Crippen molar-refractivity contribution in [2.24, 2.45) is 0 Å². The molecule has 0 radical (unpaired) electrons. The SMILES string of the molecule is CCCC(CC)(c1ccc(OC)cc1)c1ccc(Oc2ccc(S(=O)O)cc2)cc1. The van der Waals surface area contributed by atoms with E-state index in [9.17, 15) is 4.21 Å².